The van der Waals surface area contributed by atoms with Crippen LogP contribution in [0.15, 0.2) is 12.3 Å². The molecule has 1 unspecified atom stereocenters. The molecule has 0 fully saturated rings. The fourth-order valence-electron chi connectivity index (χ4n) is 1.30. The summed E-state index contributed by atoms with van der Waals surface area (Å²) in [5.74, 6) is 0.470. The minimum absolute atomic E-state index is 0.0246. The molecule has 1 aromatic heterocycles. The zero-order chi connectivity index (χ0) is 12.3. The number of rotatable bonds is 4. The highest BCUT2D eigenvalue weighted by molar-refractivity contribution is 7.90. The third-order valence-corrected chi connectivity index (χ3v) is 3.13. The highest BCUT2D eigenvalue weighted by Gasteiger charge is 2.12. The molecule has 1 rings (SSSR count). The standard InChI is InChI=1S/C9H14ClN3O2S/c1-6(5-16(2,14)15)13-9-8(11)3-7(10)4-12-9/h3-4,6H,5,11H2,1-2H3,(H,12,13). The Morgan fingerprint density at radius 3 is 2.75 bits per heavy atom. The van der Waals surface area contributed by atoms with Gasteiger partial charge in [0.1, 0.15) is 15.7 Å². The van der Waals surface area contributed by atoms with Crippen LogP contribution in [0.1, 0.15) is 6.92 Å². The molecular weight excluding hydrogens is 250 g/mol. The number of hydrogen-bond acceptors (Lipinski definition) is 5. The lowest BCUT2D eigenvalue weighted by Crippen LogP contribution is -2.25. The van der Waals surface area contributed by atoms with E-state index in [2.05, 4.69) is 10.3 Å². The van der Waals surface area contributed by atoms with E-state index in [9.17, 15) is 8.42 Å². The topological polar surface area (TPSA) is 85.1 Å². The van der Waals surface area contributed by atoms with Crippen molar-refractivity contribution in [3.05, 3.63) is 17.3 Å². The number of nitrogens with one attached hydrogen (secondary N) is 1. The molecular formula is C9H14ClN3O2S. The van der Waals surface area contributed by atoms with Gasteiger partial charge in [0.2, 0.25) is 0 Å². The lowest BCUT2D eigenvalue weighted by Gasteiger charge is -2.14. The molecule has 0 aliphatic carbocycles. The van der Waals surface area contributed by atoms with Crippen LogP contribution in [0.3, 0.4) is 0 Å². The minimum atomic E-state index is -3.02. The van der Waals surface area contributed by atoms with E-state index in [4.69, 9.17) is 17.3 Å². The molecule has 0 aromatic carbocycles. The molecule has 90 valence electrons. The number of pyridine rings is 1. The molecule has 1 atom stereocenters. The molecule has 0 spiro atoms. The van der Waals surface area contributed by atoms with Crippen LogP contribution >= 0.6 is 11.6 Å². The number of sulfone groups is 1. The Morgan fingerprint density at radius 2 is 2.25 bits per heavy atom. The summed E-state index contributed by atoms with van der Waals surface area (Å²) in [6.07, 6.45) is 2.64. The summed E-state index contributed by atoms with van der Waals surface area (Å²) >= 11 is 5.69. The van der Waals surface area contributed by atoms with Crippen LogP contribution in [-0.4, -0.2) is 31.5 Å². The van der Waals surface area contributed by atoms with Crippen LogP contribution in [0.4, 0.5) is 11.5 Å². The van der Waals surface area contributed by atoms with Gasteiger partial charge >= 0.3 is 0 Å². The lowest BCUT2D eigenvalue weighted by atomic mass is 10.3. The maximum absolute atomic E-state index is 11.1. The van der Waals surface area contributed by atoms with Crippen molar-refractivity contribution in [3.63, 3.8) is 0 Å². The van der Waals surface area contributed by atoms with Crippen LogP contribution in [0.25, 0.3) is 0 Å². The zero-order valence-corrected chi connectivity index (χ0v) is 10.6. The first-order valence-corrected chi connectivity index (χ1v) is 7.07. The fraction of sp³-hybridized carbons (Fsp3) is 0.444. The second kappa shape index (κ2) is 4.88. The van der Waals surface area contributed by atoms with Gasteiger partial charge < -0.3 is 11.1 Å². The molecule has 0 radical (unpaired) electrons. The van der Waals surface area contributed by atoms with E-state index < -0.39 is 9.84 Å². The van der Waals surface area contributed by atoms with E-state index in [1.807, 2.05) is 0 Å². The number of aromatic nitrogens is 1. The first kappa shape index (κ1) is 13.1. The van der Waals surface area contributed by atoms with Gasteiger partial charge in [0.15, 0.2) is 0 Å². The molecule has 0 bridgehead atoms. The number of halogens is 1. The van der Waals surface area contributed by atoms with E-state index in [1.54, 1.807) is 13.0 Å². The molecule has 1 aromatic rings. The number of anilines is 2. The van der Waals surface area contributed by atoms with Crippen LogP contribution in [0.5, 0.6) is 0 Å². The molecule has 0 saturated carbocycles. The number of nitrogen functional groups attached to an aromatic ring is 1. The summed E-state index contributed by atoms with van der Waals surface area (Å²) in [5, 5.41) is 3.36. The summed E-state index contributed by atoms with van der Waals surface area (Å²) in [6, 6.07) is 1.30. The number of hydrogen-bond donors (Lipinski definition) is 2. The molecule has 7 heteroatoms. The Labute approximate surface area is 99.9 Å². The second-order valence-corrected chi connectivity index (χ2v) is 6.35. The van der Waals surface area contributed by atoms with Crippen molar-refractivity contribution in [3.8, 4) is 0 Å². The van der Waals surface area contributed by atoms with Gasteiger partial charge in [0.25, 0.3) is 0 Å². The quantitative estimate of drug-likeness (QED) is 0.852. The maximum Gasteiger partial charge on any atom is 0.149 e. The van der Waals surface area contributed by atoms with Gasteiger partial charge in [-0.3, -0.25) is 0 Å². The van der Waals surface area contributed by atoms with Crippen LogP contribution in [0.2, 0.25) is 5.02 Å². The first-order valence-electron chi connectivity index (χ1n) is 4.63. The Morgan fingerprint density at radius 1 is 1.62 bits per heavy atom. The summed E-state index contributed by atoms with van der Waals surface area (Å²) in [5.41, 5.74) is 6.07. The molecule has 16 heavy (non-hydrogen) atoms. The van der Waals surface area contributed by atoms with E-state index in [-0.39, 0.29) is 11.8 Å². The van der Waals surface area contributed by atoms with Gasteiger partial charge in [-0.05, 0) is 13.0 Å². The molecule has 0 amide bonds. The normalized spacial score (nSPS) is 13.4. The number of nitrogens with two attached hydrogens (primary N) is 1. The third kappa shape index (κ3) is 4.24. The van der Waals surface area contributed by atoms with Gasteiger partial charge in [0, 0.05) is 18.5 Å². The average Bonchev–Trinajstić information content (AvgIpc) is 2.06. The average molecular weight is 264 g/mol. The SMILES string of the molecule is CC(CS(C)(=O)=O)Nc1ncc(Cl)cc1N. The van der Waals surface area contributed by atoms with E-state index >= 15 is 0 Å². The third-order valence-electron chi connectivity index (χ3n) is 1.82. The maximum atomic E-state index is 11.1. The van der Waals surface area contributed by atoms with E-state index in [0.29, 0.717) is 16.5 Å². The lowest BCUT2D eigenvalue weighted by molar-refractivity contribution is 0.598. The van der Waals surface area contributed by atoms with E-state index in [0.717, 1.165) is 0 Å². The van der Waals surface area contributed by atoms with Crippen molar-refractivity contribution >= 4 is 32.9 Å². The minimum Gasteiger partial charge on any atom is -0.396 e. The van der Waals surface area contributed by atoms with Gasteiger partial charge in [-0.2, -0.15) is 0 Å². The summed E-state index contributed by atoms with van der Waals surface area (Å²) in [4.78, 5) is 3.98. The largest absolute Gasteiger partial charge is 0.396 e. The van der Waals surface area contributed by atoms with Crippen molar-refractivity contribution in [2.24, 2.45) is 0 Å². The van der Waals surface area contributed by atoms with Gasteiger partial charge in [-0.15, -0.1) is 0 Å². The molecule has 0 aliphatic rings. The molecule has 5 nitrogen and oxygen atoms in total. The first-order chi connectivity index (χ1) is 7.28. The predicted octanol–water partition coefficient (Wildman–Crippen LogP) is 1.16. The smallest absolute Gasteiger partial charge is 0.149 e. The zero-order valence-electron chi connectivity index (χ0n) is 9.07. The fourth-order valence-corrected chi connectivity index (χ4v) is 2.46. The Hall–Kier alpha value is -1.01. The van der Waals surface area contributed by atoms with Gasteiger partial charge in [-0.25, -0.2) is 13.4 Å². The van der Waals surface area contributed by atoms with Crippen molar-refractivity contribution < 1.29 is 8.42 Å². The van der Waals surface area contributed by atoms with Crippen LogP contribution in [-0.2, 0) is 9.84 Å². The Balaban J connectivity index is 2.73. The summed E-state index contributed by atoms with van der Waals surface area (Å²) < 4.78 is 22.1. The van der Waals surface area contributed by atoms with Gasteiger partial charge in [0.05, 0.1) is 16.5 Å². The Kier molecular flexibility index (Phi) is 3.98. The Bertz CT molecular complexity index is 476. The summed E-state index contributed by atoms with van der Waals surface area (Å²) in [7, 11) is -3.02. The monoisotopic (exact) mass is 263 g/mol. The second-order valence-electron chi connectivity index (χ2n) is 3.73. The molecule has 0 saturated heterocycles. The van der Waals surface area contributed by atoms with Crippen molar-refractivity contribution in [1.82, 2.24) is 4.98 Å². The van der Waals surface area contributed by atoms with Crippen LogP contribution < -0.4 is 11.1 Å². The van der Waals surface area contributed by atoms with E-state index in [1.165, 1.54) is 12.5 Å². The number of nitrogens with zero attached hydrogens (tertiary/aromatic N) is 1. The molecule has 1 heterocycles. The summed E-state index contributed by atoms with van der Waals surface area (Å²) in [6.45, 7) is 1.75. The van der Waals surface area contributed by atoms with Crippen molar-refractivity contribution in [2.45, 2.75) is 13.0 Å². The molecule has 0 aliphatic heterocycles. The van der Waals surface area contributed by atoms with Gasteiger partial charge in [-0.1, -0.05) is 11.6 Å². The highest BCUT2D eigenvalue weighted by atomic mass is 35.5. The van der Waals surface area contributed by atoms with Crippen molar-refractivity contribution in [1.29, 1.82) is 0 Å². The molecule has 3 N–H and O–H groups in total. The van der Waals surface area contributed by atoms with Crippen LogP contribution in [0, 0.1) is 0 Å². The van der Waals surface area contributed by atoms with Crippen molar-refractivity contribution in [2.75, 3.05) is 23.1 Å². The highest BCUT2D eigenvalue weighted by Crippen LogP contribution is 2.20. The predicted molar refractivity (Wildman–Crippen MR) is 66.5 cm³/mol.